The number of benzene rings is 4. The Morgan fingerprint density at radius 3 is 2.45 bits per heavy atom. The molecule has 0 atom stereocenters. The fourth-order valence-corrected chi connectivity index (χ4v) is 3.82. The minimum atomic E-state index is 0.818. The summed E-state index contributed by atoms with van der Waals surface area (Å²) in [7, 11) is 1.79. The van der Waals surface area contributed by atoms with Gasteiger partial charge in [-0.25, -0.2) is 4.98 Å². The average Bonchev–Trinajstić information content (AvgIpc) is 3.17. The molecule has 0 spiro atoms. The molecule has 5 rings (SSSR count). The van der Waals surface area contributed by atoms with Gasteiger partial charge in [-0.05, 0) is 57.3 Å². The lowest BCUT2D eigenvalue weighted by molar-refractivity contribution is 0.826. The summed E-state index contributed by atoms with van der Waals surface area (Å²) in [5, 5.41) is 2.51. The molecule has 0 fully saturated rings. The third-order valence-corrected chi connectivity index (χ3v) is 5.31. The molecule has 0 unspecified atom stereocenters. The van der Waals surface area contributed by atoms with Gasteiger partial charge < -0.3 is 4.57 Å². The molecule has 3 nitrogen and oxygen atoms in total. The first-order valence-corrected chi connectivity index (χ1v) is 9.75. The van der Waals surface area contributed by atoms with Crippen LogP contribution in [0.5, 0.6) is 0 Å². The third-order valence-electron chi connectivity index (χ3n) is 5.31. The van der Waals surface area contributed by atoms with Crippen LogP contribution in [0.3, 0.4) is 0 Å². The molecule has 0 amide bonds. The Balaban J connectivity index is 1.44. The predicted octanol–water partition coefficient (Wildman–Crippen LogP) is 5.95. The molecule has 0 saturated carbocycles. The minimum absolute atomic E-state index is 0.818. The summed E-state index contributed by atoms with van der Waals surface area (Å²) >= 11 is 0. The Morgan fingerprint density at radius 1 is 0.828 bits per heavy atom. The molecule has 29 heavy (non-hydrogen) atoms. The van der Waals surface area contributed by atoms with Gasteiger partial charge in [0.2, 0.25) is 0 Å². The van der Waals surface area contributed by atoms with Crippen LogP contribution in [0.1, 0.15) is 11.1 Å². The van der Waals surface area contributed by atoms with Gasteiger partial charge in [-0.15, -0.1) is 0 Å². The van der Waals surface area contributed by atoms with E-state index in [0.717, 1.165) is 17.6 Å². The van der Waals surface area contributed by atoms with Crippen molar-refractivity contribution in [1.82, 2.24) is 9.55 Å². The second-order valence-corrected chi connectivity index (χ2v) is 7.27. The van der Waals surface area contributed by atoms with E-state index >= 15 is 0 Å². The van der Waals surface area contributed by atoms with Crippen molar-refractivity contribution in [1.29, 1.82) is 0 Å². The number of imidazole rings is 1. The highest BCUT2D eigenvalue weighted by atomic mass is 15.0. The highest BCUT2D eigenvalue weighted by molar-refractivity contribution is 5.88. The van der Waals surface area contributed by atoms with E-state index in [0.29, 0.717) is 0 Å². The molecule has 0 radical (unpaired) electrons. The summed E-state index contributed by atoms with van der Waals surface area (Å²) in [5.41, 5.74) is 7.04. The smallest absolute Gasteiger partial charge is 0.0961 e. The van der Waals surface area contributed by atoms with Crippen molar-refractivity contribution in [3.63, 3.8) is 0 Å². The van der Waals surface area contributed by atoms with Crippen molar-refractivity contribution in [2.45, 2.75) is 6.54 Å². The number of nitrogens with zero attached hydrogens (tertiary/aromatic N) is 3. The summed E-state index contributed by atoms with van der Waals surface area (Å²) in [6.45, 7) is 0.818. The van der Waals surface area contributed by atoms with Gasteiger partial charge in [0.15, 0.2) is 0 Å². The first-order valence-electron chi connectivity index (χ1n) is 9.75. The van der Waals surface area contributed by atoms with E-state index in [4.69, 9.17) is 0 Å². The van der Waals surface area contributed by atoms with Gasteiger partial charge in [0.05, 0.1) is 17.4 Å². The molecule has 1 aromatic heterocycles. The van der Waals surface area contributed by atoms with E-state index < -0.39 is 0 Å². The predicted molar refractivity (Wildman–Crippen MR) is 122 cm³/mol. The number of hydrogen-bond acceptors (Lipinski definition) is 2. The van der Waals surface area contributed by atoms with Gasteiger partial charge in [0.1, 0.15) is 0 Å². The zero-order valence-corrected chi connectivity index (χ0v) is 16.3. The number of fused-ring (bicyclic) bond motifs is 2. The van der Waals surface area contributed by atoms with E-state index in [1.807, 2.05) is 18.6 Å². The van der Waals surface area contributed by atoms with E-state index in [2.05, 4.69) is 93.4 Å². The Kier molecular flexibility index (Phi) is 4.41. The third kappa shape index (κ3) is 3.43. The molecule has 0 bridgehead atoms. The number of aromatic nitrogens is 2. The van der Waals surface area contributed by atoms with Crippen LogP contribution in [-0.4, -0.2) is 22.8 Å². The number of aliphatic imine (C=N–C) groups is 1. The van der Waals surface area contributed by atoms with Gasteiger partial charge in [-0.3, -0.25) is 4.99 Å². The topological polar surface area (TPSA) is 30.2 Å². The zero-order valence-electron chi connectivity index (χ0n) is 16.3. The fraction of sp³-hybridized carbons (Fsp3) is 0.0769. The van der Waals surface area contributed by atoms with Gasteiger partial charge >= 0.3 is 0 Å². The molecule has 0 aliphatic rings. The van der Waals surface area contributed by atoms with Crippen LogP contribution in [0.2, 0.25) is 0 Å². The molecule has 0 aliphatic heterocycles. The van der Waals surface area contributed by atoms with Crippen molar-refractivity contribution < 1.29 is 0 Å². The largest absolute Gasteiger partial charge is 0.326 e. The minimum Gasteiger partial charge on any atom is -0.326 e. The second kappa shape index (κ2) is 7.36. The number of para-hydroxylation sites is 2. The Labute approximate surface area is 170 Å². The summed E-state index contributed by atoms with van der Waals surface area (Å²) in [6, 6.07) is 30.1. The normalized spacial score (nSPS) is 11.6. The number of hydrogen-bond donors (Lipinski definition) is 0. The SMILES string of the molecule is C/N=C\c1ccc(-c2ccc3cc(Cn4cnc5ccccc54)ccc3c2)cc1. The highest BCUT2D eigenvalue weighted by Gasteiger charge is 2.05. The van der Waals surface area contributed by atoms with Crippen LogP contribution in [0, 0.1) is 0 Å². The van der Waals surface area contributed by atoms with Crippen LogP contribution in [0.15, 0.2) is 96.2 Å². The van der Waals surface area contributed by atoms with Crippen LogP contribution >= 0.6 is 0 Å². The summed E-state index contributed by atoms with van der Waals surface area (Å²) < 4.78 is 2.20. The Bertz CT molecular complexity index is 1330. The van der Waals surface area contributed by atoms with Crippen LogP contribution in [0.4, 0.5) is 0 Å². The monoisotopic (exact) mass is 375 g/mol. The quantitative estimate of drug-likeness (QED) is 0.357. The highest BCUT2D eigenvalue weighted by Crippen LogP contribution is 2.26. The van der Waals surface area contributed by atoms with E-state index in [1.54, 1.807) is 7.05 Å². The van der Waals surface area contributed by atoms with Gasteiger partial charge in [0, 0.05) is 19.8 Å². The van der Waals surface area contributed by atoms with Gasteiger partial charge in [0.25, 0.3) is 0 Å². The van der Waals surface area contributed by atoms with Crippen LogP contribution < -0.4 is 0 Å². The van der Waals surface area contributed by atoms with Gasteiger partial charge in [-0.2, -0.15) is 0 Å². The molecule has 0 N–H and O–H groups in total. The lowest BCUT2D eigenvalue weighted by Gasteiger charge is -2.08. The standard InChI is InChI=1S/C26H21N3/c1-27-16-19-6-9-21(10-7-19)23-13-12-22-14-20(8-11-24(22)15-23)17-29-18-28-25-4-2-3-5-26(25)29/h2-16,18H,17H2,1H3/b27-16-. The van der Waals surface area contributed by atoms with E-state index in [9.17, 15) is 0 Å². The maximum absolute atomic E-state index is 4.49. The molecule has 140 valence electrons. The summed E-state index contributed by atoms with van der Waals surface area (Å²) in [4.78, 5) is 8.56. The van der Waals surface area contributed by atoms with Gasteiger partial charge in [-0.1, -0.05) is 60.7 Å². The molecule has 0 saturated heterocycles. The molecule has 3 heteroatoms. The zero-order chi connectivity index (χ0) is 19.6. The van der Waals surface area contributed by atoms with E-state index in [1.165, 1.54) is 33.0 Å². The Morgan fingerprint density at radius 2 is 1.59 bits per heavy atom. The summed E-state index contributed by atoms with van der Waals surface area (Å²) in [5.74, 6) is 0. The van der Waals surface area contributed by atoms with Crippen molar-refractivity contribution in [3.05, 3.63) is 102 Å². The number of rotatable bonds is 4. The first-order chi connectivity index (χ1) is 14.3. The Hall–Kier alpha value is -3.72. The van der Waals surface area contributed by atoms with Crippen LogP contribution in [0.25, 0.3) is 32.9 Å². The van der Waals surface area contributed by atoms with E-state index in [-0.39, 0.29) is 0 Å². The maximum atomic E-state index is 4.49. The van der Waals surface area contributed by atoms with Crippen LogP contribution in [-0.2, 0) is 6.54 Å². The second-order valence-electron chi connectivity index (χ2n) is 7.27. The van der Waals surface area contributed by atoms with Crippen molar-refractivity contribution in [2.75, 3.05) is 7.05 Å². The lowest BCUT2D eigenvalue weighted by atomic mass is 9.99. The van der Waals surface area contributed by atoms with Crippen molar-refractivity contribution in [3.8, 4) is 11.1 Å². The molecule has 5 aromatic rings. The molecule has 0 aliphatic carbocycles. The average molecular weight is 375 g/mol. The molecular formula is C26H21N3. The maximum Gasteiger partial charge on any atom is 0.0961 e. The lowest BCUT2D eigenvalue weighted by Crippen LogP contribution is -1.97. The molecule has 4 aromatic carbocycles. The van der Waals surface area contributed by atoms with Crippen molar-refractivity contribution in [2.24, 2.45) is 4.99 Å². The van der Waals surface area contributed by atoms with Crippen molar-refractivity contribution >= 4 is 28.0 Å². The fourth-order valence-electron chi connectivity index (χ4n) is 3.82. The molecular weight excluding hydrogens is 354 g/mol. The first kappa shape index (κ1) is 17.4. The summed E-state index contributed by atoms with van der Waals surface area (Å²) in [6.07, 6.45) is 3.79. The molecule has 1 heterocycles.